The van der Waals surface area contributed by atoms with E-state index in [1.54, 1.807) is 21.3 Å². The summed E-state index contributed by atoms with van der Waals surface area (Å²) in [5.41, 5.74) is 9.98. The highest BCUT2D eigenvalue weighted by Gasteiger charge is 2.35. The molecule has 0 spiro atoms. The maximum Gasteiger partial charge on any atom is 0.204 e. The van der Waals surface area contributed by atoms with Crippen LogP contribution in [0, 0.1) is 18.3 Å². The predicted molar refractivity (Wildman–Crippen MR) is 108 cm³/mol. The van der Waals surface area contributed by atoms with Gasteiger partial charge in [-0.05, 0) is 36.2 Å². The minimum atomic E-state index is -0.300. The molecule has 4 rings (SSSR count). The Morgan fingerprint density at radius 2 is 1.76 bits per heavy atom. The second kappa shape index (κ2) is 6.99. The monoisotopic (exact) mass is 391 g/mol. The molecule has 0 aliphatic carbocycles. The summed E-state index contributed by atoms with van der Waals surface area (Å²) in [6.45, 7) is 2.00. The predicted octanol–water partition coefficient (Wildman–Crippen LogP) is 4.09. The molecular formula is C22H21N3O4. The average molecular weight is 391 g/mol. The lowest BCUT2D eigenvalue weighted by atomic mass is 9.82. The molecule has 0 saturated carbocycles. The lowest BCUT2D eigenvalue weighted by Gasteiger charge is -2.27. The summed E-state index contributed by atoms with van der Waals surface area (Å²) in [5, 5.41) is 9.73. The van der Waals surface area contributed by atoms with Crippen LogP contribution in [-0.4, -0.2) is 26.3 Å². The van der Waals surface area contributed by atoms with Crippen molar-refractivity contribution < 1.29 is 18.9 Å². The first-order chi connectivity index (χ1) is 14.0. The van der Waals surface area contributed by atoms with Gasteiger partial charge in [-0.15, -0.1) is 0 Å². The molecule has 7 nitrogen and oxygen atoms in total. The van der Waals surface area contributed by atoms with E-state index in [9.17, 15) is 5.26 Å². The molecule has 1 aliphatic heterocycles. The van der Waals surface area contributed by atoms with Gasteiger partial charge in [0.25, 0.3) is 0 Å². The number of hydrogen-bond acceptors (Lipinski definition) is 6. The Bertz CT molecular complexity index is 1120. The van der Waals surface area contributed by atoms with Crippen molar-refractivity contribution in [1.29, 1.82) is 5.26 Å². The lowest BCUT2D eigenvalue weighted by Crippen LogP contribution is -2.12. The van der Waals surface area contributed by atoms with Crippen molar-refractivity contribution in [3.63, 3.8) is 0 Å². The molecule has 3 aromatic rings. The molecule has 1 atom stereocenters. The van der Waals surface area contributed by atoms with Gasteiger partial charge >= 0.3 is 0 Å². The molecule has 0 fully saturated rings. The topological polar surface area (TPSA) is 103 Å². The van der Waals surface area contributed by atoms with E-state index < -0.39 is 0 Å². The molecule has 29 heavy (non-hydrogen) atoms. The van der Waals surface area contributed by atoms with Gasteiger partial charge in [-0.3, -0.25) is 0 Å². The Hall–Kier alpha value is -3.79. The number of ether oxygens (including phenoxy) is 4. The van der Waals surface area contributed by atoms with E-state index in [1.165, 1.54) is 0 Å². The minimum absolute atomic E-state index is 0.277. The molecule has 2 heterocycles. The number of nitrogens with one attached hydrogen (secondary N) is 1. The largest absolute Gasteiger partial charge is 0.493 e. The van der Waals surface area contributed by atoms with E-state index in [1.807, 2.05) is 37.3 Å². The zero-order valence-corrected chi connectivity index (χ0v) is 16.6. The van der Waals surface area contributed by atoms with Crippen LogP contribution in [0.3, 0.4) is 0 Å². The fourth-order valence-electron chi connectivity index (χ4n) is 3.84. The lowest BCUT2D eigenvalue weighted by molar-refractivity contribution is 0.323. The molecule has 7 heteroatoms. The van der Waals surface area contributed by atoms with E-state index in [-0.39, 0.29) is 11.7 Å². The summed E-state index contributed by atoms with van der Waals surface area (Å²) in [6.07, 6.45) is 0. The first kappa shape index (κ1) is 18.6. The number of aromatic amines is 1. The molecule has 1 aliphatic rings. The third kappa shape index (κ3) is 2.81. The summed E-state index contributed by atoms with van der Waals surface area (Å²) in [7, 11) is 4.71. The molecule has 0 bridgehead atoms. The second-order valence-corrected chi connectivity index (χ2v) is 6.80. The van der Waals surface area contributed by atoms with Crippen molar-refractivity contribution in [2.24, 2.45) is 0 Å². The minimum Gasteiger partial charge on any atom is -0.493 e. The molecular weight excluding hydrogens is 370 g/mol. The second-order valence-electron chi connectivity index (χ2n) is 6.80. The normalized spacial score (nSPS) is 14.2. The SMILES string of the molecule is COc1cc(C2c3ccc(C)cc3Oc3[nH]c(N)c(C#N)c32)cc(OC)c1OC. The maximum absolute atomic E-state index is 9.73. The average Bonchev–Trinajstić information content (AvgIpc) is 3.04. The van der Waals surface area contributed by atoms with Crippen LogP contribution >= 0.6 is 0 Å². The molecule has 0 radical (unpaired) electrons. The Labute approximate surface area is 168 Å². The van der Waals surface area contributed by atoms with E-state index in [0.717, 1.165) is 16.7 Å². The van der Waals surface area contributed by atoms with Gasteiger partial charge in [0.05, 0.1) is 21.3 Å². The third-order valence-electron chi connectivity index (χ3n) is 5.14. The number of nitrogen functional groups attached to an aromatic ring is 1. The quantitative estimate of drug-likeness (QED) is 0.543. The number of nitriles is 1. The Balaban J connectivity index is 2.03. The van der Waals surface area contributed by atoms with Gasteiger partial charge in [0, 0.05) is 17.0 Å². The molecule has 0 saturated heterocycles. The van der Waals surface area contributed by atoms with Crippen LogP contribution in [0.15, 0.2) is 30.3 Å². The molecule has 3 N–H and O–H groups in total. The fourth-order valence-corrected chi connectivity index (χ4v) is 3.84. The highest BCUT2D eigenvalue weighted by molar-refractivity contribution is 5.69. The van der Waals surface area contributed by atoms with Gasteiger partial charge in [0.1, 0.15) is 23.2 Å². The Kier molecular flexibility index (Phi) is 4.47. The number of methoxy groups -OCH3 is 3. The summed E-state index contributed by atoms with van der Waals surface area (Å²) in [6, 6.07) is 12.0. The van der Waals surface area contributed by atoms with E-state index in [0.29, 0.717) is 40.0 Å². The summed E-state index contributed by atoms with van der Waals surface area (Å²) < 4.78 is 22.6. The van der Waals surface area contributed by atoms with Crippen LogP contribution in [-0.2, 0) is 0 Å². The van der Waals surface area contributed by atoms with Crippen molar-refractivity contribution in [3.8, 4) is 34.9 Å². The Morgan fingerprint density at radius 3 is 2.34 bits per heavy atom. The highest BCUT2D eigenvalue weighted by Crippen LogP contribution is 2.52. The number of nitrogens with two attached hydrogens (primary N) is 1. The number of fused-ring (bicyclic) bond motifs is 2. The van der Waals surface area contributed by atoms with Crippen molar-refractivity contribution in [1.82, 2.24) is 4.98 Å². The number of nitrogens with zero attached hydrogens (tertiary/aromatic N) is 1. The summed E-state index contributed by atoms with van der Waals surface area (Å²) >= 11 is 0. The smallest absolute Gasteiger partial charge is 0.204 e. The molecule has 1 aromatic heterocycles. The number of benzene rings is 2. The summed E-state index contributed by atoms with van der Waals surface area (Å²) in [4.78, 5) is 3.00. The van der Waals surface area contributed by atoms with Gasteiger partial charge in [0.15, 0.2) is 11.5 Å². The molecule has 2 aromatic carbocycles. The van der Waals surface area contributed by atoms with Gasteiger partial charge in [-0.2, -0.15) is 5.26 Å². The molecule has 0 amide bonds. The third-order valence-corrected chi connectivity index (χ3v) is 5.14. The zero-order chi connectivity index (χ0) is 20.7. The van der Waals surface area contributed by atoms with Crippen molar-refractivity contribution in [3.05, 3.63) is 58.1 Å². The van der Waals surface area contributed by atoms with Crippen LogP contribution in [0.25, 0.3) is 0 Å². The van der Waals surface area contributed by atoms with Crippen LogP contribution in [0.5, 0.6) is 28.9 Å². The van der Waals surface area contributed by atoms with E-state index >= 15 is 0 Å². The number of rotatable bonds is 4. The number of anilines is 1. The van der Waals surface area contributed by atoms with Gasteiger partial charge < -0.3 is 29.7 Å². The number of H-pyrrole nitrogens is 1. The molecule has 148 valence electrons. The molecule has 1 unspecified atom stereocenters. The van der Waals surface area contributed by atoms with E-state index in [2.05, 4.69) is 11.1 Å². The zero-order valence-electron chi connectivity index (χ0n) is 16.6. The first-order valence-electron chi connectivity index (χ1n) is 9.02. The van der Waals surface area contributed by atoms with Crippen molar-refractivity contribution in [2.45, 2.75) is 12.8 Å². The van der Waals surface area contributed by atoms with Crippen LogP contribution in [0.4, 0.5) is 5.82 Å². The number of aryl methyl sites for hydroxylation is 1. The van der Waals surface area contributed by atoms with Crippen LogP contribution in [0.1, 0.15) is 33.7 Å². The number of hydrogen-bond donors (Lipinski definition) is 2. The van der Waals surface area contributed by atoms with Crippen LogP contribution < -0.4 is 24.7 Å². The number of aromatic nitrogens is 1. The van der Waals surface area contributed by atoms with Gasteiger partial charge in [-0.25, -0.2) is 0 Å². The fraction of sp³-hybridized carbons (Fsp3) is 0.227. The van der Waals surface area contributed by atoms with Gasteiger partial charge in [-0.1, -0.05) is 12.1 Å². The highest BCUT2D eigenvalue weighted by atomic mass is 16.5. The van der Waals surface area contributed by atoms with Crippen molar-refractivity contribution >= 4 is 5.82 Å². The van der Waals surface area contributed by atoms with Crippen molar-refractivity contribution in [2.75, 3.05) is 27.1 Å². The summed E-state index contributed by atoms with van der Waals surface area (Å²) in [5.74, 6) is 2.73. The van der Waals surface area contributed by atoms with Gasteiger partial charge in [0.2, 0.25) is 11.6 Å². The maximum atomic E-state index is 9.73. The van der Waals surface area contributed by atoms with Crippen LogP contribution in [0.2, 0.25) is 0 Å². The standard InChI is InChI=1S/C22H21N3O4/c1-11-5-6-13-15(7-11)29-22-19(14(10-23)21(24)25-22)18(13)12-8-16(26-2)20(28-4)17(9-12)27-3/h5-9,18,25H,24H2,1-4H3. The van der Waals surface area contributed by atoms with E-state index in [4.69, 9.17) is 24.7 Å². The Morgan fingerprint density at radius 1 is 1.07 bits per heavy atom. The first-order valence-corrected chi connectivity index (χ1v) is 9.02.